The predicted molar refractivity (Wildman–Crippen MR) is 73.1 cm³/mol. The van der Waals surface area contributed by atoms with Gasteiger partial charge in [0.1, 0.15) is 11.8 Å². The van der Waals surface area contributed by atoms with Gasteiger partial charge in [-0.2, -0.15) is 0 Å². The molecule has 3 aromatic rings. The van der Waals surface area contributed by atoms with Gasteiger partial charge in [0.15, 0.2) is 11.5 Å². The molecule has 0 aliphatic heterocycles. The van der Waals surface area contributed by atoms with Crippen LogP contribution in [0.3, 0.4) is 0 Å². The number of hydrogen-bond donors (Lipinski definition) is 2. The van der Waals surface area contributed by atoms with Gasteiger partial charge in [0, 0.05) is 12.6 Å². The number of aromatic nitrogens is 4. The predicted octanol–water partition coefficient (Wildman–Crippen LogP) is 1.11. The second-order valence-corrected chi connectivity index (χ2v) is 4.35. The summed E-state index contributed by atoms with van der Waals surface area (Å²) >= 11 is 0. The molecular weight excluding hydrogens is 240 g/mol. The van der Waals surface area contributed by atoms with E-state index < -0.39 is 0 Å². The summed E-state index contributed by atoms with van der Waals surface area (Å²) in [6.07, 6.45) is 3.13. The van der Waals surface area contributed by atoms with E-state index in [9.17, 15) is 0 Å². The van der Waals surface area contributed by atoms with E-state index in [1.54, 1.807) is 6.33 Å². The molecule has 1 aromatic carbocycles. The topological polar surface area (TPSA) is 95.6 Å². The van der Waals surface area contributed by atoms with E-state index >= 15 is 0 Å². The van der Waals surface area contributed by atoms with Crippen molar-refractivity contribution in [2.75, 3.05) is 5.73 Å². The maximum Gasteiger partial charge on any atom is 0.165 e. The van der Waals surface area contributed by atoms with Crippen LogP contribution in [0.2, 0.25) is 0 Å². The maximum atomic E-state index is 6.19. The zero-order valence-corrected chi connectivity index (χ0v) is 10.3. The van der Waals surface area contributed by atoms with E-state index in [0.717, 1.165) is 5.56 Å². The van der Waals surface area contributed by atoms with Crippen molar-refractivity contribution in [1.29, 1.82) is 0 Å². The lowest BCUT2D eigenvalue weighted by Gasteiger charge is -2.12. The minimum absolute atomic E-state index is 0.116. The van der Waals surface area contributed by atoms with Crippen molar-refractivity contribution in [2.45, 2.75) is 12.6 Å². The van der Waals surface area contributed by atoms with Gasteiger partial charge < -0.3 is 16.0 Å². The van der Waals surface area contributed by atoms with Crippen LogP contribution in [0.1, 0.15) is 11.6 Å². The smallest absolute Gasteiger partial charge is 0.165 e. The van der Waals surface area contributed by atoms with Crippen LogP contribution in [0.15, 0.2) is 43.0 Å². The molecule has 0 saturated carbocycles. The van der Waals surface area contributed by atoms with E-state index in [1.165, 1.54) is 6.33 Å². The molecule has 0 saturated heterocycles. The third-order valence-corrected chi connectivity index (χ3v) is 3.05. The SMILES string of the molecule is Nc1ncnc2c1ncn2CC(N)c1ccccc1. The quantitative estimate of drug-likeness (QED) is 0.730. The molecule has 0 radical (unpaired) electrons. The first-order chi connectivity index (χ1) is 9.25. The fourth-order valence-electron chi connectivity index (χ4n) is 2.05. The summed E-state index contributed by atoms with van der Waals surface area (Å²) in [6.45, 7) is 0.594. The van der Waals surface area contributed by atoms with E-state index in [4.69, 9.17) is 11.5 Å². The Kier molecular flexibility index (Phi) is 2.85. The molecule has 0 aliphatic rings. The number of imidazole rings is 1. The zero-order chi connectivity index (χ0) is 13.2. The van der Waals surface area contributed by atoms with Crippen molar-refractivity contribution in [2.24, 2.45) is 5.73 Å². The average Bonchev–Trinajstić information content (AvgIpc) is 2.84. The Morgan fingerprint density at radius 1 is 1.11 bits per heavy atom. The normalized spacial score (nSPS) is 12.7. The molecule has 1 unspecified atom stereocenters. The van der Waals surface area contributed by atoms with Crippen LogP contribution < -0.4 is 11.5 Å². The zero-order valence-electron chi connectivity index (χ0n) is 10.3. The van der Waals surface area contributed by atoms with Crippen LogP contribution in [0, 0.1) is 0 Å². The fourth-order valence-corrected chi connectivity index (χ4v) is 2.05. The van der Waals surface area contributed by atoms with Crippen LogP contribution in [0.5, 0.6) is 0 Å². The van der Waals surface area contributed by atoms with Gasteiger partial charge in [-0.3, -0.25) is 0 Å². The number of rotatable bonds is 3. The number of nitrogens with two attached hydrogens (primary N) is 2. The Morgan fingerprint density at radius 3 is 2.68 bits per heavy atom. The van der Waals surface area contributed by atoms with Crippen LogP contribution >= 0.6 is 0 Å². The van der Waals surface area contributed by atoms with Crippen molar-refractivity contribution in [3.8, 4) is 0 Å². The molecule has 0 spiro atoms. The number of benzene rings is 1. The Morgan fingerprint density at radius 2 is 1.89 bits per heavy atom. The van der Waals surface area contributed by atoms with Gasteiger partial charge in [-0.25, -0.2) is 15.0 Å². The minimum Gasteiger partial charge on any atom is -0.382 e. The summed E-state index contributed by atoms with van der Waals surface area (Å²) in [5.41, 5.74) is 14.3. The number of hydrogen-bond acceptors (Lipinski definition) is 5. The molecule has 0 bridgehead atoms. The Labute approximate surface area is 110 Å². The van der Waals surface area contributed by atoms with Gasteiger partial charge in [-0.05, 0) is 5.56 Å². The highest BCUT2D eigenvalue weighted by Crippen LogP contribution is 2.18. The molecule has 4 N–H and O–H groups in total. The molecular formula is C13H14N6. The molecule has 0 amide bonds. The van der Waals surface area contributed by atoms with Crippen molar-refractivity contribution >= 4 is 17.0 Å². The third kappa shape index (κ3) is 2.13. The van der Waals surface area contributed by atoms with Crippen LogP contribution in [0.4, 0.5) is 5.82 Å². The summed E-state index contributed by atoms with van der Waals surface area (Å²) in [5.74, 6) is 0.386. The standard InChI is InChI=1S/C13H14N6/c14-10(9-4-2-1-3-5-9)6-19-8-18-11-12(15)16-7-17-13(11)19/h1-5,7-8,10H,6,14H2,(H2,15,16,17). The first kappa shape index (κ1) is 11.6. The molecule has 0 aliphatic carbocycles. The van der Waals surface area contributed by atoms with Crippen molar-refractivity contribution in [1.82, 2.24) is 19.5 Å². The monoisotopic (exact) mass is 254 g/mol. The second kappa shape index (κ2) is 4.66. The molecule has 96 valence electrons. The van der Waals surface area contributed by atoms with Gasteiger partial charge in [-0.15, -0.1) is 0 Å². The first-order valence-corrected chi connectivity index (χ1v) is 5.97. The first-order valence-electron chi connectivity index (χ1n) is 5.97. The summed E-state index contributed by atoms with van der Waals surface area (Å²) in [6, 6.07) is 9.81. The molecule has 19 heavy (non-hydrogen) atoms. The largest absolute Gasteiger partial charge is 0.382 e. The summed E-state index contributed by atoms with van der Waals surface area (Å²) in [4.78, 5) is 12.3. The molecule has 3 rings (SSSR count). The van der Waals surface area contributed by atoms with E-state index in [1.807, 2.05) is 34.9 Å². The highest BCUT2D eigenvalue weighted by atomic mass is 15.1. The lowest BCUT2D eigenvalue weighted by Crippen LogP contribution is -2.17. The maximum absolute atomic E-state index is 6.19. The van der Waals surface area contributed by atoms with Crippen molar-refractivity contribution < 1.29 is 0 Å². The Balaban J connectivity index is 1.92. The number of nitrogen functional groups attached to an aromatic ring is 1. The number of fused-ring (bicyclic) bond motifs is 1. The van der Waals surface area contributed by atoms with E-state index in [2.05, 4.69) is 15.0 Å². The van der Waals surface area contributed by atoms with Crippen LogP contribution in [0.25, 0.3) is 11.2 Å². The van der Waals surface area contributed by atoms with E-state index in [-0.39, 0.29) is 6.04 Å². The van der Waals surface area contributed by atoms with Gasteiger partial charge in [0.05, 0.1) is 6.33 Å². The van der Waals surface area contributed by atoms with Gasteiger partial charge in [0.25, 0.3) is 0 Å². The third-order valence-electron chi connectivity index (χ3n) is 3.05. The van der Waals surface area contributed by atoms with Crippen LogP contribution in [-0.2, 0) is 6.54 Å². The van der Waals surface area contributed by atoms with E-state index in [0.29, 0.717) is 23.5 Å². The lowest BCUT2D eigenvalue weighted by atomic mass is 10.1. The summed E-state index contributed by atoms with van der Waals surface area (Å²) in [5, 5.41) is 0. The van der Waals surface area contributed by atoms with Crippen molar-refractivity contribution in [3.05, 3.63) is 48.5 Å². The second-order valence-electron chi connectivity index (χ2n) is 4.35. The highest BCUT2D eigenvalue weighted by molar-refractivity contribution is 5.81. The van der Waals surface area contributed by atoms with Gasteiger partial charge in [0.2, 0.25) is 0 Å². The van der Waals surface area contributed by atoms with Gasteiger partial charge >= 0.3 is 0 Å². The fraction of sp³-hybridized carbons (Fsp3) is 0.154. The summed E-state index contributed by atoms with van der Waals surface area (Å²) < 4.78 is 1.89. The molecule has 0 fully saturated rings. The number of nitrogens with zero attached hydrogens (tertiary/aromatic N) is 4. The molecule has 6 nitrogen and oxygen atoms in total. The highest BCUT2D eigenvalue weighted by Gasteiger charge is 2.11. The molecule has 2 aromatic heterocycles. The molecule has 1 atom stereocenters. The lowest BCUT2D eigenvalue weighted by molar-refractivity contribution is 0.585. The number of anilines is 1. The average molecular weight is 254 g/mol. The minimum atomic E-state index is -0.116. The van der Waals surface area contributed by atoms with Gasteiger partial charge in [-0.1, -0.05) is 30.3 Å². The Hall–Kier alpha value is -2.47. The van der Waals surface area contributed by atoms with Crippen LogP contribution in [-0.4, -0.2) is 19.5 Å². The molecule has 2 heterocycles. The molecule has 6 heteroatoms. The summed E-state index contributed by atoms with van der Waals surface area (Å²) in [7, 11) is 0. The Bertz CT molecular complexity index is 691. The van der Waals surface area contributed by atoms with Crippen molar-refractivity contribution in [3.63, 3.8) is 0 Å².